The fourth-order valence-corrected chi connectivity index (χ4v) is 4.82. The summed E-state index contributed by atoms with van der Waals surface area (Å²) in [6.07, 6.45) is 21.1. The molecule has 2 heteroatoms. The molecule has 0 spiro atoms. The zero-order valence-electron chi connectivity index (χ0n) is 19.7. The SMILES string of the molecule is CCCCCCCCc1cnc(C#Cc2ccc(C3CCC(CCC)CC3)cc2)nc1. The van der Waals surface area contributed by atoms with Crippen LogP contribution < -0.4 is 0 Å². The zero-order chi connectivity index (χ0) is 21.7. The summed E-state index contributed by atoms with van der Waals surface area (Å²) in [6, 6.07) is 8.87. The molecule has 1 saturated carbocycles. The quantitative estimate of drug-likeness (QED) is 0.291. The minimum atomic E-state index is 0.616. The van der Waals surface area contributed by atoms with Gasteiger partial charge in [-0.1, -0.05) is 76.8 Å². The highest BCUT2D eigenvalue weighted by molar-refractivity contribution is 5.40. The summed E-state index contributed by atoms with van der Waals surface area (Å²) >= 11 is 0. The van der Waals surface area contributed by atoms with Crippen molar-refractivity contribution < 1.29 is 0 Å². The number of hydrogen-bond acceptors (Lipinski definition) is 2. The average Bonchev–Trinajstić information content (AvgIpc) is 2.82. The third kappa shape index (κ3) is 8.13. The first kappa shape index (κ1) is 23.5. The maximum absolute atomic E-state index is 4.45. The Morgan fingerprint density at radius 1 is 0.774 bits per heavy atom. The number of nitrogens with zero attached hydrogens (tertiary/aromatic N) is 2. The number of hydrogen-bond donors (Lipinski definition) is 0. The number of unbranched alkanes of at least 4 members (excludes halogenated alkanes) is 5. The van der Waals surface area contributed by atoms with E-state index in [1.807, 2.05) is 12.4 Å². The van der Waals surface area contributed by atoms with E-state index in [4.69, 9.17) is 0 Å². The van der Waals surface area contributed by atoms with Crippen LogP contribution in [0.4, 0.5) is 0 Å². The molecule has 2 aromatic rings. The van der Waals surface area contributed by atoms with Crippen molar-refractivity contribution in [3.63, 3.8) is 0 Å². The molecule has 1 aliphatic carbocycles. The smallest absolute Gasteiger partial charge is 0.205 e. The van der Waals surface area contributed by atoms with Crippen LogP contribution in [0.1, 0.15) is 119 Å². The molecule has 1 aromatic heterocycles. The van der Waals surface area contributed by atoms with Gasteiger partial charge in [-0.05, 0) is 79.5 Å². The molecule has 0 aliphatic heterocycles. The molecule has 166 valence electrons. The molecule has 1 fully saturated rings. The average molecular weight is 417 g/mol. The van der Waals surface area contributed by atoms with Gasteiger partial charge >= 0.3 is 0 Å². The molecule has 0 radical (unpaired) electrons. The van der Waals surface area contributed by atoms with Crippen LogP contribution in [0.3, 0.4) is 0 Å². The van der Waals surface area contributed by atoms with Crippen LogP contribution in [-0.4, -0.2) is 9.97 Å². The highest BCUT2D eigenvalue weighted by Gasteiger charge is 2.21. The topological polar surface area (TPSA) is 25.8 Å². The first-order valence-corrected chi connectivity index (χ1v) is 12.7. The van der Waals surface area contributed by atoms with E-state index in [1.165, 1.54) is 88.2 Å². The molecule has 2 nitrogen and oxygen atoms in total. The monoisotopic (exact) mass is 416 g/mol. The lowest BCUT2D eigenvalue weighted by molar-refractivity contribution is 0.308. The Kier molecular flexibility index (Phi) is 10.1. The molecule has 0 amide bonds. The van der Waals surface area contributed by atoms with E-state index in [9.17, 15) is 0 Å². The Morgan fingerprint density at radius 2 is 1.45 bits per heavy atom. The van der Waals surface area contributed by atoms with E-state index in [-0.39, 0.29) is 0 Å². The summed E-state index contributed by atoms with van der Waals surface area (Å²) in [6.45, 7) is 4.57. The molecule has 3 rings (SSSR count). The van der Waals surface area contributed by atoms with Crippen molar-refractivity contribution in [1.29, 1.82) is 0 Å². The van der Waals surface area contributed by atoms with Gasteiger partial charge in [-0.25, -0.2) is 9.97 Å². The number of aryl methyl sites for hydroxylation is 1. The third-order valence-corrected chi connectivity index (χ3v) is 6.77. The van der Waals surface area contributed by atoms with Crippen molar-refractivity contribution >= 4 is 0 Å². The molecule has 31 heavy (non-hydrogen) atoms. The van der Waals surface area contributed by atoms with E-state index in [0.29, 0.717) is 5.82 Å². The predicted molar refractivity (Wildman–Crippen MR) is 131 cm³/mol. The van der Waals surface area contributed by atoms with Crippen LogP contribution in [-0.2, 0) is 6.42 Å². The highest BCUT2D eigenvalue weighted by Crippen LogP contribution is 2.37. The summed E-state index contributed by atoms with van der Waals surface area (Å²) in [5, 5.41) is 0. The number of rotatable bonds is 10. The molecule has 0 unspecified atom stereocenters. The second kappa shape index (κ2) is 13.3. The van der Waals surface area contributed by atoms with Crippen LogP contribution in [0.5, 0.6) is 0 Å². The van der Waals surface area contributed by atoms with Crippen LogP contribution in [0, 0.1) is 17.8 Å². The number of aromatic nitrogens is 2. The van der Waals surface area contributed by atoms with E-state index in [1.54, 1.807) is 0 Å². The maximum Gasteiger partial charge on any atom is 0.205 e. The second-order valence-electron chi connectivity index (χ2n) is 9.31. The van der Waals surface area contributed by atoms with Gasteiger partial charge in [-0.2, -0.15) is 0 Å². The first-order valence-electron chi connectivity index (χ1n) is 12.7. The van der Waals surface area contributed by atoms with Crippen molar-refractivity contribution in [2.75, 3.05) is 0 Å². The Hall–Kier alpha value is -2.14. The summed E-state index contributed by atoms with van der Waals surface area (Å²) in [7, 11) is 0. The van der Waals surface area contributed by atoms with Crippen molar-refractivity contribution in [1.82, 2.24) is 9.97 Å². The standard InChI is InChI=1S/C29H40N2/c1-3-5-6-7-8-9-11-26-22-30-29(31-23-26)21-16-25-14-19-28(20-15-25)27-17-12-24(10-4-2)13-18-27/h14-15,19-20,22-24,27H,3-13,17-18H2,1-2H3. The predicted octanol–water partition coefficient (Wildman–Crippen LogP) is 7.85. The minimum Gasteiger partial charge on any atom is -0.229 e. The lowest BCUT2D eigenvalue weighted by Gasteiger charge is -2.28. The van der Waals surface area contributed by atoms with Gasteiger partial charge in [0.25, 0.3) is 0 Å². The van der Waals surface area contributed by atoms with E-state index in [2.05, 4.69) is 59.9 Å². The summed E-state index contributed by atoms with van der Waals surface area (Å²) < 4.78 is 0. The van der Waals surface area contributed by atoms with Gasteiger partial charge in [0.05, 0.1) is 0 Å². The van der Waals surface area contributed by atoms with Crippen molar-refractivity contribution in [3.05, 3.63) is 59.2 Å². The molecule has 0 atom stereocenters. The lowest BCUT2D eigenvalue weighted by Crippen LogP contribution is -2.13. The largest absolute Gasteiger partial charge is 0.229 e. The van der Waals surface area contributed by atoms with Gasteiger partial charge in [-0.15, -0.1) is 0 Å². The van der Waals surface area contributed by atoms with E-state index in [0.717, 1.165) is 23.8 Å². The molecular weight excluding hydrogens is 376 g/mol. The summed E-state index contributed by atoms with van der Waals surface area (Å²) in [5.74, 6) is 8.67. The highest BCUT2D eigenvalue weighted by atomic mass is 14.8. The van der Waals surface area contributed by atoms with Gasteiger partial charge in [0.2, 0.25) is 5.82 Å². The molecule has 0 N–H and O–H groups in total. The van der Waals surface area contributed by atoms with E-state index < -0.39 is 0 Å². The van der Waals surface area contributed by atoms with Crippen LogP contribution in [0.2, 0.25) is 0 Å². The fourth-order valence-electron chi connectivity index (χ4n) is 4.82. The Balaban J connectivity index is 1.45. The van der Waals surface area contributed by atoms with Crippen LogP contribution >= 0.6 is 0 Å². The second-order valence-corrected chi connectivity index (χ2v) is 9.31. The zero-order valence-corrected chi connectivity index (χ0v) is 19.7. The first-order chi connectivity index (χ1) is 15.3. The molecule has 1 aliphatic rings. The fraction of sp³-hybridized carbons (Fsp3) is 0.586. The third-order valence-electron chi connectivity index (χ3n) is 6.77. The normalized spacial score (nSPS) is 18.4. The van der Waals surface area contributed by atoms with Gasteiger partial charge in [0.1, 0.15) is 0 Å². The summed E-state index contributed by atoms with van der Waals surface area (Å²) in [4.78, 5) is 8.90. The van der Waals surface area contributed by atoms with Gasteiger partial charge in [0.15, 0.2) is 0 Å². The van der Waals surface area contributed by atoms with Crippen molar-refractivity contribution in [2.45, 2.75) is 103 Å². The molecule has 0 saturated heterocycles. The van der Waals surface area contributed by atoms with Crippen LogP contribution in [0.25, 0.3) is 0 Å². The minimum absolute atomic E-state index is 0.616. The van der Waals surface area contributed by atoms with Crippen molar-refractivity contribution in [3.8, 4) is 11.8 Å². The Bertz CT molecular complexity index is 803. The lowest BCUT2D eigenvalue weighted by atomic mass is 9.77. The van der Waals surface area contributed by atoms with E-state index >= 15 is 0 Å². The molecule has 1 heterocycles. The molecule has 1 aromatic carbocycles. The maximum atomic E-state index is 4.45. The Morgan fingerprint density at radius 3 is 2.13 bits per heavy atom. The van der Waals surface area contributed by atoms with Gasteiger partial charge < -0.3 is 0 Å². The van der Waals surface area contributed by atoms with Gasteiger partial charge in [-0.3, -0.25) is 0 Å². The molecular formula is C29H40N2. The molecule has 0 bridgehead atoms. The van der Waals surface area contributed by atoms with Crippen molar-refractivity contribution in [2.24, 2.45) is 5.92 Å². The summed E-state index contributed by atoms with van der Waals surface area (Å²) in [5.41, 5.74) is 3.75. The van der Waals surface area contributed by atoms with Gasteiger partial charge in [0, 0.05) is 18.0 Å². The Labute approximate surface area is 190 Å². The van der Waals surface area contributed by atoms with Crippen LogP contribution in [0.15, 0.2) is 36.7 Å². The number of benzene rings is 1.